The quantitative estimate of drug-likeness (QED) is 0.644. The Morgan fingerprint density at radius 3 is 2.39 bits per heavy atom. The lowest BCUT2D eigenvalue weighted by atomic mass is 10.2. The summed E-state index contributed by atoms with van der Waals surface area (Å²) >= 11 is 1.60. The van der Waals surface area contributed by atoms with E-state index in [0.29, 0.717) is 16.9 Å². The van der Waals surface area contributed by atoms with Crippen LogP contribution in [0.15, 0.2) is 28.0 Å². The molecule has 0 amide bonds. The third-order valence-corrected chi connectivity index (χ3v) is 5.75. The van der Waals surface area contributed by atoms with Gasteiger partial charge < -0.3 is 5.73 Å². The number of sulfonamides is 1. The van der Waals surface area contributed by atoms with Crippen molar-refractivity contribution in [3.8, 4) is 0 Å². The van der Waals surface area contributed by atoms with Crippen molar-refractivity contribution in [1.29, 1.82) is 0 Å². The zero-order valence-corrected chi connectivity index (χ0v) is 12.7. The Hall–Kier alpha value is -0.720. The monoisotopic (exact) mass is 288 g/mol. The summed E-state index contributed by atoms with van der Waals surface area (Å²) in [5, 5.41) is 0.375. The number of nitrogen functional groups attached to an aromatic ring is 1. The summed E-state index contributed by atoms with van der Waals surface area (Å²) in [7, 11) is -2.01. The normalized spacial score (nSPS) is 13.8. The molecule has 0 radical (unpaired) electrons. The largest absolute Gasteiger partial charge is 0.398 e. The van der Waals surface area contributed by atoms with Gasteiger partial charge in [0.2, 0.25) is 10.0 Å². The lowest BCUT2D eigenvalue weighted by Crippen LogP contribution is -2.18. The predicted molar refractivity (Wildman–Crippen MR) is 77.3 cm³/mol. The van der Waals surface area contributed by atoms with E-state index in [0.717, 1.165) is 4.90 Å². The molecule has 0 bridgehead atoms. The third-order valence-electron chi connectivity index (χ3n) is 2.82. The minimum Gasteiger partial charge on any atom is -0.398 e. The number of nitrogens with two attached hydrogens (primary N) is 1. The molecule has 0 saturated heterocycles. The fourth-order valence-electron chi connectivity index (χ4n) is 1.24. The van der Waals surface area contributed by atoms with Crippen LogP contribution < -0.4 is 10.5 Å². The fraction of sp³-hybridized carbons (Fsp3) is 0.500. The number of benzene rings is 1. The van der Waals surface area contributed by atoms with Crippen molar-refractivity contribution in [3.63, 3.8) is 0 Å². The van der Waals surface area contributed by atoms with E-state index in [1.54, 1.807) is 23.9 Å². The molecule has 1 atom stereocenters. The van der Waals surface area contributed by atoms with Gasteiger partial charge in [-0.25, -0.2) is 13.1 Å². The van der Waals surface area contributed by atoms with Crippen LogP contribution in [0, 0.1) is 5.92 Å². The second-order valence-electron chi connectivity index (χ2n) is 4.47. The van der Waals surface area contributed by atoms with Gasteiger partial charge in [0.05, 0.1) is 4.90 Å². The van der Waals surface area contributed by atoms with Gasteiger partial charge in [-0.15, -0.1) is 11.8 Å². The molecule has 0 saturated carbocycles. The van der Waals surface area contributed by atoms with Gasteiger partial charge in [-0.05, 0) is 31.2 Å². The fourth-order valence-corrected chi connectivity index (χ4v) is 3.14. The summed E-state index contributed by atoms with van der Waals surface area (Å²) < 4.78 is 25.7. The minimum atomic E-state index is -3.41. The van der Waals surface area contributed by atoms with Crippen molar-refractivity contribution >= 4 is 27.5 Å². The first-order valence-electron chi connectivity index (χ1n) is 5.77. The topological polar surface area (TPSA) is 72.2 Å². The Kier molecular flexibility index (Phi) is 5.07. The minimum absolute atomic E-state index is 0.248. The summed E-state index contributed by atoms with van der Waals surface area (Å²) in [4.78, 5) is 1.06. The molecule has 0 heterocycles. The zero-order valence-electron chi connectivity index (χ0n) is 11.1. The van der Waals surface area contributed by atoms with Crippen LogP contribution in [0.1, 0.15) is 20.8 Å². The van der Waals surface area contributed by atoms with Crippen LogP contribution in [-0.4, -0.2) is 20.7 Å². The molecule has 6 heteroatoms. The molecule has 18 heavy (non-hydrogen) atoms. The highest BCUT2D eigenvalue weighted by molar-refractivity contribution is 8.00. The Labute approximate surface area is 113 Å². The number of hydrogen-bond acceptors (Lipinski definition) is 4. The summed E-state index contributed by atoms with van der Waals surface area (Å²) in [5.74, 6) is 0.499. The van der Waals surface area contributed by atoms with Crippen LogP contribution in [0.2, 0.25) is 0 Å². The summed E-state index contributed by atoms with van der Waals surface area (Å²) in [5.41, 5.74) is 6.50. The molecular weight excluding hydrogens is 268 g/mol. The molecule has 1 rings (SSSR count). The Morgan fingerprint density at radius 2 is 1.89 bits per heavy atom. The van der Waals surface area contributed by atoms with Crippen LogP contribution in [-0.2, 0) is 10.0 Å². The van der Waals surface area contributed by atoms with E-state index in [4.69, 9.17) is 5.73 Å². The molecule has 1 unspecified atom stereocenters. The molecule has 0 aliphatic heterocycles. The smallest absolute Gasteiger partial charge is 0.240 e. The first kappa shape index (κ1) is 15.3. The highest BCUT2D eigenvalue weighted by Crippen LogP contribution is 2.33. The van der Waals surface area contributed by atoms with Crippen LogP contribution in [0.3, 0.4) is 0 Å². The number of rotatable bonds is 5. The van der Waals surface area contributed by atoms with E-state index in [1.165, 1.54) is 13.1 Å². The molecule has 0 spiro atoms. The van der Waals surface area contributed by atoms with Gasteiger partial charge in [-0.2, -0.15) is 0 Å². The van der Waals surface area contributed by atoms with Crippen LogP contribution in [0.4, 0.5) is 5.69 Å². The molecule has 1 aromatic carbocycles. The summed E-state index contributed by atoms with van der Waals surface area (Å²) in [6.07, 6.45) is 0. The lowest BCUT2D eigenvalue weighted by Gasteiger charge is -2.16. The second-order valence-corrected chi connectivity index (χ2v) is 7.78. The van der Waals surface area contributed by atoms with Crippen molar-refractivity contribution in [2.45, 2.75) is 35.8 Å². The van der Waals surface area contributed by atoms with Crippen LogP contribution in [0.25, 0.3) is 0 Å². The molecule has 0 aliphatic rings. The molecule has 4 nitrogen and oxygen atoms in total. The molecule has 0 aliphatic carbocycles. The van der Waals surface area contributed by atoms with Crippen molar-refractivity contribution in [3.05, 3.63) is 18.2 Å². The van der Waals surface area contributed by atoms with Gasteiger partial charge in [-0.3, -0.25) is 0 Å². The van der Waals surface area contributed by atoms with Crippen molar-refractivity contribution in [1.82, 2.24) is 4.72 Å². The average Bonchev–Trinajstić information content (AvgIpc) is 2.31. The van der Waals surface area contributed by atoms with Crippen molar-refractivity contribution < 1.29 is 8.42 Å². The van der Waals surface area contributed by atoms with Gasteiger partial charge in [0.15, 0.2) is 0 Å². The van der Waals surface area contributed by atoms with E-state index >= 15 is 0 Å². The maximum absolute atomic E-state index is 11.7. The first-order valence-corrected chi connectivity index (χ1v) is 8.14. The number of thioether (sulfide) groups is 1. The standard InChI is InChI=1S/C12H20N2O2S2/c1-8(2)9(3)17-12-7-10(5-6-11(12)13)18(15,16)14-4/h5-9,14H,13H2,1-4H3. The van der Waals surface area contributed by atoms with Crippen molar-refractivity contribution in [2.75, 3.05) is 12.8 Å². The lowest BCUT2D eigenvalue weighted by molar-refractivity contribution is 0.588. The van der Waals surface area contributed by atoms with Gasteiger partial charge in [-0.1, -0.05) is 20.8 Å². The second kappa shape index (κ2) is 5.95. The van der Waals surface area contributed by atoms with Gasteiger partial charge in [0.1, 0.15) is 0 Å². The van der Waals surface area contributed by atoms with Crippen LogP contribution in [0.5, 0.6) is 0 Å². The first-order chi connectivity index (χ1) is 8.27. The molecular formula is C12H20N2O2S2. The van der Waals surface area contributed by atoms with E-state index in [-0.39, 0.29) is 4.90 Å². The molecule has 1 aromatic rings. The predicted octanol–water partition coefficient (Wildman–Crippen LogP) is 2.31. The molecule has 0 fully saturated rings. The van der Waals surface area contributed by atoms with Gasteiger partial charge >= 0.3 is 0 Å². The van der Waals surface area contributed by atoms with E-state index < -0.39 is 10.0 Å². The Bertz CT molecular complexity index is 513. The van der Waals surface area contributed by atoms with E-state index in [2.05, 4.69) is 25.5 Å². The Morgan fingerprint density at radius 1 is 1.28 bits per heavy atom. The number of anilines is 1. The highest BCUT2D eigenvalue weighted by atomic mass is 32.2. The molecule has 0 aromatic heterocycles. The highest BCUT2D eigenvalue weighted by Gasteiger charge is 2.16. The van der Waals surface area contributed by atoms with Crippen LogP contribution >= 0.6 is 11.8 Å². The SMILES string of the molecule is CNS(=O)(=O)c1ccc(N)c(SC(C)C(C)C)c1. The number of nitrogens with one attached hydrogen (secondary N) is 1. The number of hydrogen-bond donors (Lipinski definition) is 2. The van der Waals surface area contributed by atoms with Gasteiger partial charge in [0.25, 0.3) is 0 Å². The van der Waals surface area contributed by atoms with Gasteiger partial charge in [0, 0.05) is 15.8 Å². The summed E-state index contributed by atoms with van der Waals surface area (Å²) in [6.45, 7) is 6.36. The van der Waals surface area contributed by atoms with E-state index in [9.17, 15) is 8.42 Å². The maximum Gasteiger partial charge on any atom is 0.240 e. The molecule has 3 N–H and O–H groups in total. The maximum atomic E-state index is 11.7. The molecule has 102 valence electrons. The third kappa shape index (κ3) is 3.63. The Balaban J connectivity index is 3.10. The zero-order chi connectivity index (χ0) is 13.9. The summed E-state index contributed by atoms with van der Waals surface area (Å²) in [6, 6.07) is 4.79. The average molecular weight is 288 g/mol. The van der Waals surface area contributed by atoms with E-state index in [1.807, 2.05) is 0 Å². The van der Waals surface area contributed by atoms with Crippen molar-refractivity contribution in [2.24, 2.45) is 5.92 Å².